The van der Waals surface area contributed by atoms with E-state index in [1.807, 2.05) is 33.7 Å². The second-order valence-corrected chi connectivity index (χ2v) is 6.84. The van der Waals surface area contributed by atoms with E-state index in [0.29, 0.717) is 23.4 Å². The fraction of sp³-hybridized carbons (Fsp3) is 0.0952. The first kappa shape index (κ1) is 19.0. The Balaban J connectivity index is 0.00000196. The first-order chi connectivity index (χ1) is 12.2. The highest BCUT2D eigenvalue weighted by Crippen LogP contribution is 2.21. The molecule has 4 rings (SSSR count). The van der Waals surface area contributed by atoms with E-state index in [9.17, 15) is 0 Å². The smallest absolute Gasteiger partial charge is 0.255 e. The van der Waals surface area contributed by atoms with Crippen LogP contribution in [-0.2, 0) is 13.1 Å². The molecule has 3 aromatic carbocycles. The SMILES string of the molecule is Clc1c(Cl)[n+](Cc2ccc3ccccc3c2)cn1Cc1ccccc1.[Br-]. The van der Waals surface area contributed by atoms with Gasteiger partial charge in [0.15, 0.2) is 0 Å². The molecule has 5 heteroatoms. The molecule has 0 N–H and O–H groups in total. The third-order valence-corrected chi connectivity index (χ3v) is 5.20. The number of benzene rings is 3. The number of aromatic nitrogens is 2. The van der Waals surface area contributed by atoms with Crippen LogP contribution in [0.1, 0.15) is 11.1 Å². The van der Waals surface area contributed by atoms with Crippen LogP contribution in [0, 0.1) is 0 Å². The molecule has 1 aromatic heterocycles. The molecule has 0 bridgehead atoms. The van der Waals surface area contributed by atoms with Crippen LogP contribution in [0.5, 0.6) is 0 Å². The lowest BCUT2D eigenvalue weighted by molar-refractivity contribution is -0.685. The molecule has 0 aliphatic rings. The molecule has 0 radical (unpaired) electrons. The van der Waals surface area contributed by atoms with Crippen molar-refractivity contribution in [2.75, 3.05) is 0 Å². The maximum Gasteiger partial charge on any atom is 0.255 e. The van der Waals surface area contributed by atoms with Gasteiger partial charge < -0.3 is 17.0 Å². The summed E-state index contributed by atoms with van der Waals surface area (Å²) in [5.41, 5.74) is 2.38. The van der Waals surface area contributed by atoms with Gasteiger partial charge in [-0.1, -0.05) is 66.7 Å². The minimum Gasteiger partial charge on any atom is -1.00 e. The van der Waals surface area contributed by atoms with Gasteiger partial charge in [0.05, 0.1) is 0 Å². The first-order valence-corrected chi connectivity index (χ1v) is 8.91. The minimum absolute atomic E-state index is 0. The number of hydrogen-bond donors (Lipinski definition) is 0. The van der Waals surface area contributed by atoms with Crippen molar-refractivity contribution in [1.82, 2.24) is 4.57 Å². The van der Waals surface area contributed by atoms with E-state index >= 15 is 0 Å². The summed E-state index contributed by atoms with van der Waals surface area (Å²) in [6.45, 7) is 1.38. The third kappa shape index (κ3) is 3.96. The van der Waals surface area contributed by atoms with Crippen LogP contribution >= 0.6 is 23.2 Å². The number of nitrogens with zero attached hydrogens (tertiary/aromatic N) is 2. The predicted molar refractivity (Wildman–Crippen MR) is 103 cm³/mol. The summed E-state index contributed by atoms with van der Waals surface area (Å²) in [5.74, 6) is 0. The highest BCUT2D eigenvalue weighted by molar-refractivity contribution is 6.39. The first-order valence-electron chi connectivity index (χ1n) is 8.16. The summed E-state index contributed by atoms with van der Waals surface area (Å²) in [7, 11) is 0. The summed E-state index contributed by atoms with van der Waals surface area (Å²) in [5, 5.41) is 3.59. The van der Waals surface area contributed by atoms with Crippen molar-refractivity contribution in [2.45, 2.75) is 13.1 Å². The maximum absolute atomic E-state index is 6.46. The maximum atomic E-state index is 6.46. The second-order valence-electron chi connectivity index (χ2n) is 6.12. The van der Waals surface area contributed by atoms with Crippen molar-refractivity contribution in [3.8, 4) is 0 Å². The van der Waals surface area contributed by atoms with E-state index in [2.05, 4.69) is 54.6 Å². The van der Waals surface area contributed by atoms with E-state index in [1.54, 1.807) is 0 Å². The molecule has 0 aliphatic heterocycles. The molecule has 0 saturated heterocycles. The highest BCUT2D eigenvalue weighted by atomic mass is 79.9. The standard InChI is InChI=1S/C21H17Cl2N2.BrH/c22-20-21(23)25(15-24(20)13-16-6-2-1-3-7-16)14-17-10-11-18-8-4-5-9-19(18)12-17;/h1-12,15H,13-14H2;1H/q+1;/p-1. The summed E-state index contributed by atoms with van der Waals surface area (Å²) in [4.78, 5) is 0. The molecule has 0 spiro atoms. The van der Waals surface area contributed by atoms with Crippen LogP contribution in [0.15, 0.2) is 79.1 Å². The Morgan fingerprint density at radius 1 is 0.769 bits per heavy atom. The van der Waals surface area contributed by atoms with E-state index in [-0.39, 0.29) is 17.0 Å². The molecule has 0 aliphatic carbocycles. The van der Waals surface area contributed by atoms with Gasteiger partial charge in [0.1, 0.15) is 13.1 Å². The molecule has 2 nitrogen and oxygen atoms in total. The Bertz CT molecular complexity index is 1030. The number of rotatable bonds is 4. The topological polar surface area (TPSA) is 8.81 Å². The zero-order valence-corrected chi connectivity index (χ0v) is 17.0. The summed E-state index contributed by atoms with van der Waals surface area (Å²) in [6, 6.07) is 25.0. The van der Waals surface area contributed by atoms with Gasteiger partial charge in [-0.05, 0) is 51.2 Å². The van der Waals surface area contributed by atoms with Gasteiger partial charge in [0, 0.05) is 0 Å². The molecule has 1 heterocycles. The second kappa shape index (κ2) is 8.26. The van der Waals surface area contributed by atoms with Crippen LogP contribution < -0.4 is 21.5 Å². The monoisotopic (exact) mass is 446 g/mol. The van der Waals surface area contributed by atoms with Gasteiger partial charge in [0.25, 0.3) is 10.3 Å². The fourth-order valence-electron chi connectivity index (χ4n) is 3.04. The Hall–Kier alpha value is -1.81. The van der Waals surface area contributed by atoms with Crippen LogP contribution in [0.3, 0.4) is 0 Å². The average molecular weight is 448 g/mol. The van der Waals surface area contributed by atoms with Crippen molar-refractivity contribution in [3.05, 3.63) is 101 Å². The Morgan fingerprint density at radius 3 is 2.23 bits per heavy atom. The minimum atomic E-state index is 0. The lowest BCUT2D eigenvalue weighted by Crippen LogP contribution is -3.00. The van der Waals surface area contributed by atoms with Crippen molar-refractivity contribution in [2.24, 2.45) is 0 Å². The average Bonchev–Trinajstić information content (AvgIpc) is 2.90. The molecule has 132 valence electrons. The molecule has 0 fully saturated rings. The van der Waals surface area contributed by atoms with Crippen LogP contribution in [0.4, 0.5) is 0 Å². The lowest BCUT2D eigenvalue weighted by atomic mass is 10.1. The summed E-state index contributed by atoms with van der Waals surface area (Å²) < 4.78 is 3.96. The quantitative estimate of drug-likeness (QED) is 0.424. The molecule has 26 heavy (non-hydrogen) atoms. The van der Waals surface area contributed by atoms with Gasteiger partial charge in [-0.15, -0.1) is 0 Å². The lowest BCUT2D eigenvalue weighted by Gasteiger charge is -2.02. The molecule has 4 aromatic rings. The Labute approximate surface area is 173 Å². The van der Waals surface area contributed by atoms with Crippen molar-refractivity contribution in [3.63, 3.8) is 0 Å². The molecule has 0 atom stereocenters. The normalized spacial score (nSPS) is 10.7. The van der Waals surface area contributed by atoms with Crippen molar-refractivity contribution >= 4 is 34.0 Å². The number of imidazole rings is 1. The molecule has 0 unspecified atom stereocenters. The van der Waals surface area contributed by atoms with Gasteiger partial charge in [-0.2, -0.15) is 0 Å². The molecule has 0 saturated carbocycles. The summed E-state index contributed by atoms with van der Waals surface area (Å²) in [6.07, 6.45) is 1.98. The summed E-state index contributed by atoms with van der Waals surface area (Å²) >= 11 is 12.9. The number of halogens is 3. The van der Waals surface area contributed by atoms with E-state index in [4.69, 9.17) is 23.2 Å². The Kier molecular flexibility index (Phi) is 6.02. The van der Waals surface area contributed by atoms with Gasteiger partial charge >= 0.3 is 0 Å². The fourth-order valence-corrected chi connectivity index (χ4v) is 3.46. The van der Waals surface area contributed by atoms with Crippen LogP contribution in [0.25, 0.3) is 10.8 Å². The largest absolute Gasteiger partial charge is 1.00 e. The molecule has 0 amide bonds. The Morgan fingerprint density at radius 2 is 1.46 bits per heavy atom. The number of hydrogen-bond acceptors (Lipinski definition) is 0. The highest BCUT2D eigenvalue weighted by Gasteiger charge is 2.20. The molecular weight excluding hydrogens is 431 g/mol. The predicted octanol–water partition coefficient (Wildman–Crippen LogP) is 2.34. The zero-order chi connectivity index (χ0) is 17.2. The van der Waals surface area contributed by atoms with Gasteiger partial charge in [-0.3, -0.25) is 0 Å². The van der Waals surface area contributed by atoms with Crippen LogP contribution in [0.2, 0.25) is 10.3 Å². The van der Waals surface area contributed by atoms with Crippen molar-refractivity contribution < 1.29 is 21.5 Å². The third-order valence-electron chi connectivity index (χ3n) is 4.32. The van der Waals surface area contributed by atoms with Gasteiger partial charge in [0.2, 0.25) is 6.33 Å². The van der Waals surface area contributed by atoms with Crippen molar-refractivity contribution in [1.29, 1.82) is 0 Å². The zero-order valence-electron chi connectivity index (χ0n) is 13.9. The van der Waals surface area contributed by atoms with E-state index in [0.717, 1.165) is 0 Å². The van der Waals surface area contributed by atoms with Crippen LogP contribution in [-0.4, -0.2) is 4.57 Å². The van der Waals surface area contributed by atoms with E-state index < -0.39 is 0 Å². The van der Waals surface area contributed by atoms with Gasteiger partial charge in [-0.25, -0.2) is 9.13 Å². The molecular formula is C21H17BrCl2N2. The van der Waals surface area contributed by atoms with E-state index in [1.165, 1.54) is 21.9 Å². The number of fused-ring (bicyclic) bond motifs is 1.